The molecule has 1 aromatic heterocycles. The van der Waals surface area contributed by atoms with Crippen LogP contribution in [0.15, 0.2) is 38.6 Å². The van der Waals surface area contributed by atoms with Gasteiger partial charge in [0.1, 0.15) is 0 Å². The first-order valence-corrected chi connectivity index (χ1v) is 7.62. The van der Waals surface area contributed by atoms with Crippen molar-refractivity contribution in [2.45, 2.75) is 6.04 Å². The van der Waals surface area contributed by atoms with Crippen LogP contribution in [0.25, 0.3) is 0 Å². The molecule has 0 spiro atoms. The molecule has 6 heteroatoms. The first-order valence-electron chi connectivity index (χ1n) is 4.77. The van der Waals surface area contributed by atoms with Crippen LogP contribution >= 0.6 is 54.8 Å². The fraction of sp³-hybridized carbons (Fsp3) is 0.0909. The van der Waals surface area contributed by atoms with E-state index in [2.05, 4.69) is 37.3 Å². The maximum atomic E-state index is 6.14. The first kappa shape index (κ1) is 13.5. The van der Waals surface area contributed by atoms with Gasteiger partial charge >= 0.3 is 0 Å². The molecule has 2 rings (SSSR count). The topological polar surface area (TPSA) is 38.0 Å². The zero-order chi connectivity index (χ0) is 12.4. The second-order valence-corrected chi connectivity index (χ2v) is 6.52. The normalized spacial score (nSPS) is 12.7. The van der Waals surface area contributed by atoms with Crippen LogP contribution < -0.4 is 11.3 Å². The molecule has 17 heavy (non-hydrogen) atoms. The Morgan fingerprint density at radius 1 is 1.29 bits per heavy atom. The summed E-state index contributed by atoms with van der Waals surface area (Å²) < 4.78 is 2.00. The summed E-state index contributed by atoms with van der Waals surface area (Å²) in [6, 6.07) is 7.72. The minimum atomic E-state index is -0.116. The van der Waals surface area contributed by atoms with E-state index in [1.165, 1.54) is 0 Å². The van der Waals surface area contributed by atoms with Gasteiger partial charge in [-0.25, -0.2) is 5.43 Å². The third kappa shape index (κ3) is 2.92. The van der Waals surface area contributed by atoms with Crippen molar-refractivity contribution >= 4 is 54.8 Å². The van der Waals surface area contributed by atoms with E-state index in [4.69, 9.17) is 17.4 Å². The Bertz CT molecular complexity index is 530. The van der Waals surface area contributed by atoms with Crippen molar-refractivity contribution in [2.75, 3.05) is 0 Å². The van der Waals surface area contributed by atoms with Gasteiger partial charge in [0, 0.05) is 13.8 Å². The van der Waals surface area contributed by atoms with E-state index >= 15 is 0 Å². The highest BCUT2D eigenvalue weighted by Crippen LogP contribution is 2.36. The Balaban J connectivity index is 2.49. The van der Waals surface area contributed by atoms with Crippen molar-refractivity contribution in [1.82, 2.24) is 5.43 Å². The van der Waals surface area contributed by atoms with Gasteiger partial charge in [-0.15, -0.1) is 11.3 Å². The molecule has 0 aliphatic heterocycles. The fourth-order valence-corrected chi connectivity index (χ4v) is 3.65. The van der Waals surface area contributed by atoms with Crippen LogP contribution in [-0.4, -0.2) is 0 Å². The van der Waals surface area contributed by atoms with Gasteiger partial charge in [-0.05, 0) is 35.2 Å². The highest BCUT2D eigenvalue weighted by atomic mass is 79.9. The third-order valence-electron chi connectivity index (χ3n) is 2.34. The molecule has 0 bridgehead atoms. The number of hydrogen-bond acceptors (Lipinski definition) is 3. The van der Waals surface area contributed by atoms with Crippen LogP contribution in [0.4, 0.5) is 0 Å². The maximum Gasteiger partial charge on any atom is 0.0828 e. The lowest BCUT2D eigenvalue weighted by Gasteiger charge is -2.17. The van der Waals surface area contributed by atoms with E-state index in [1.807, 2.05) is 29.6 Å². The van der Waals surface area contributed by atoms with Gasteiger partial charge in [0.15, 0.2) is 0 Å². The average molecular weight is 397 g/mol. The number of thiophene rings is 1. The first-order chi connectivity index (χ1) is 8.13. The van der Waals surface area contributed by atoms with Crippen LogP contribution in [0.2, 0.25) is 5.02 Å². The molecular weight excluding hydrogens is 387 g/mol. The molecule has 1 unspecified atom stereocenters. The zero-order valence-corrected chi connectivity index (χ0v) is 13.3. The number of hydrogen-bond donors (Lipinski definition) is 2. The Morgan fingerprint density at radius 2 is 2.06 bits per heavy atom. The predicted octanol–water partition coefficient (Wildman–Crippen LogP) is 4.48. The molecule has 0 fully saturated rings. The number of benzene rings is 1. The molecule has 1 heterocycles. The van der Waals surface area contributed by atoms with Gasteiger partial charge in [-0.2, -0.15) is 0 Å². The van der Waals surface area contributed by atoms with Gasteiger partial charge in [-0.3, -0.25) is 5.84 Å². The van der Waals surface area contributed by atoms with Gasteiger partial charge in [0.2, 0.25) is 0 Å². The van der Waals surface area contributed by atoms with Crippen LogP contribution in [0.5, 0.6) is 0 Å². The Kier molecular flexibility index (Phi) is 4.63. The third-order valence-corrected chi connectivity index (χ3v) is 4.98. The van der Waals surface area contributed by atoms with E-state index in [0.717, 1.165) is 24.4 Å². The van der Waals surface area contributed by atoms with Crippen molar-refractivity contribution in [3.8, 4) is 0 Å². The Hall–Kier alpha value is 0.0900. The molecule has 0 amide bonds. The van der Waals surface area contributed by atoms with Gasteiger partial charge in [-0.1, -0.05) is 43.5 Å². The summed E-state index contributed by atoms with van der Waals surface area (Å²) in [4.78, 5) is 1.01. The highest BCUT2D eigenvalue weighted by Gasteiger charge is 2.19. The zero-order valence-electron chi connectivity index (χ0n) is 8.58. The lowest BCUT2D eigenvalue weighted by molar-refractivity contribution is 0.644. The average Bonchev–Trinajstić information content (AvgIpc) is 2.71. The SMILES string of the molecule is NNC(c1cc(Br)ccc1Br)c1sccc1Cl. The molecule has 0 saturated heterocycles. The Labute approximate surface area is 125 Å². The maximum absolute atomic E-state index is 6.14. The highest BCUT2D eigenvalue weighted by molar-refractivity contribution is 9.11. The van der Waals surface area contributed by atoms with E-state index in [1.54, 1.807) is 11.3 Å². The van der Waals surface area contributed by atoms with Crippen LogP contribution in [0.1, 0.15) is 16.5 Å². The summed E-state index contributed by atoms with van der Waals surface area (Å²) in [5.74, 6) is 5.65. The molecule has 0 aliphatic rings. The van der Waals surface area contributed by atoms with Crippen molar-refractivity contribution in [1.29, 1.82) is 0 Å². The molecule has 0 aliphatic carbocycles. The minimum Gasteiger partial charge on any atom is -0.271 e. The van der Waals surface area contributed by atoms with E-state index < -0.39 is 0 Å². The molecule has 3 N–H and O–H groups in total. The van der Waals surface area contributed by atoms with Gasteiger partial charge in [0.05, 0.1) is 11.1 Å². The predicted molar refractivity (Wildman–Crippen MR) is 80.3 cm³/mol. The van der Waals surface area contributed by atoms with E-state index in [-0.39, 0.29) is 6.04 Å². The summed E-state index contributed by atoms with van der Waals surface area (Å²) in [6.45, 7) is 0. The number of hydrazine groups is 1. The van der Waals surface area contributed by atoms with Crippen molar-refractivity contribution in [2.24, 2.45) is 5.84 Å². The molecular formula is C11H9Br2ClN2S. The number of halogens is 3. The second kappa shape index (κ2) is 5.82. The number of nitrogens with one attached hydrogen (secondary N) is 1. The van der Waals surface area contributed by atoms with Crippen LogP contribution in [-0.2, 0) is 0 Å². The molecule has 1 atom stereocenters. The minimum absolute atomic E-state index is 0.116. The summed E-state index contributed by atoms with van der Waals surface area (Å²) in [6.07, 6.45) is 0. The molecule has 1 aromatic carbocycles. The van der Waals surface area contributed by atoms with Crippen LogP contribution in [0.3, 0.4) is 0 Å². The number of rotatable bonds is 3. The smallest absolute Gasteiger partial charge is 0.0828 e. The lowest BCUT2D eigenvalue weighted by atomic mass is 10.1. The van der Waals surface area contributed by atoms with E-state index in [9.17, 15) is 0 Å². The molecule has 90 valence electrons. The fourth-order valence-electron chi connectivity index (χ4n) is 1.55. The summed E-state index contributed by atoms with van der Waals surface area (Å²) in [7, 11) is 0. The lowest BCUT2D eigenvalue weighted by Crippen LogP contribution is -2.28. The van der Waals surface area contributed by atoms with Gasteiger partial charge < -0.3 is 0 Å². The monoisotopic (exact) mass is 394 g/mol. The molecule has 0 radical (unpaired) electrons. The quantitative estimate of drug-likeness (QED) is 0.593. The summed E-state index contributed by atoms with van der Waals surface area (Å²) in [5, 5.41) is 2.68. The number of nitrogens with two attached hydrogens (primary N) is 1. The molecule has 2 aromatic rings. The largest absolute Gasteiger partial charge is 0.271 e. The second-order valence-electron chi connectivity index (χ2n) is 3.40. The van der Waals surface area contributed by atoms with Gasteiger partial charge in [0.25, 0.3) is 0 Å². The summed E-state index contributed by atoms with van der Waals surface area (Å²) in [5.41, 5.74) is 3.85. The molecule has 2 nitrogen and oxygen atoms in total. The van der Waals surface area contributed by atoms with E-state index in [0.29, 0.717) is 0 Å². The Morgan fingerprint density at radius 3 is 2.65 bits per heavy atom. The van der Waals surface area contributed by atoms with Crippen molar-refractivity contribution in [3.63, 3.8) is 0 Å². The van der Waals surface area contributed by atoms with Crippen molar-refractivity contribution < 1.29 is 0 Å². The summed E-state index contributed by atoms with van der Waals surface area (Å²) >= 11 is 14.7. The van der Waals surface area contributed by atoms with Crippen molar-refractivity contribution in [3.05, 3.63) is 54.1 Å². The standard InChI is InChI=1S/C11H9Br2ClN2S/c12-6-1-2-8(13)7(5-6)10(16-15)11-9(14)3-4-17-11/h1-5,10,16H,15H2. The van der Waals surface area contributed by atoms with Crippen LogP contribution in [0, 0.1) is 0 Å². The molecule has 0 saturated carbocycles.